The van der Waals surface area contributed by atoms with Crippen LogP contribution in [0.25, 0.3) is 0 Å². The third kappa shape index (κ3) is 2.42. The van der Waals surface area contributed by atoms with Gasteiger partial charge >= 0.3 is 0 Å². The van der Waals surface area contributed by atoms with Gasteiger partial charge in [-0.2, -0.15) is 0 Å². The smallest absolute Gasteiger partial charge is 0.267 e. The van der Waals surface area contributed by atoms with Crippen LogP contribution in [0.5, 0.6) is 0 Å². The molecule has 0 saturated carbocycles. The zero-order valence-electron chi connectivity index (χ0n) is 11.0. The Morgan fingerprint density at radius 2 is 1.81 bits per heavy atom. The Balaban J connectivity index is 2.04. The molecule has 0 bridgehead atoms. The van der Waals surface area contributed by atoms with Crippen molar-refractivity contribution < 1.29 is 17.6 Å². The summed E-state index contributed by atoms with van der Waals surface area (Å²) in [5, 5.41) is 0. The van der Waals surface area contributed by atoms with Gasteiger partial charge in [0, 0.05) is 0 Å². The first kappa shape index (κ1) is 13.8. The van der Waals surface area contributed by atoms with Crippen molar-refractivity contribution in [3.8, 4) is 0 Å². The summed E-state index contributed by atoms with van der Waals surface area (Å²) in [6, 6.07) is 12.3. The average molecular weight is 305 g/mol. The monoisotopic (exact) mass is 305 g/mol. The van der Waals surface area contributed by atoms with E-state index in [1.165, 1.54) is 6.07 Å². The van der Waals surface area contributed by atoms with Gasteiger partial charge in [0.2, 0.25) is 5.91 Å². The highest BCUT2D eigenvalue weighted by Crippen LogP contribution is 2.28. The lowest BCUT2D eigenvalue weighted by atomic mass is 10.1. The lowest BCUT2D eigenvalue weighted by molar-refractivity contribution is -0.126. The van der Waals surface area contributed by atoms with E-state index in [2.05, 4.69) is 0 Å². The molecule has 0 saturated heterocycles. The third-order valence-electron chi connectivity index (χ3n) is 3.38. The standard InChI is InChI=1S/C15H12FNO3S/c16-13-6-7-14-12(8-13)9-15(18)17(21(14,19)20)10-11-4-2-1-3-5-11/h1-8H,9-10H2. The molecule has 1 aliphatic heterocycles. The molecule has 0 N–H and O–H groups in total. The zero-order valence-corrected chi connectivity index (χ0v) is 11.8. The Morgan fingerprint density at radius 1 is 1.10 bits per heavy atom. The maximum absolute atomic E-state index is 13.2. The molecule has 0 atom stereocenters. The zero-order chi connectivity index (χ0) is 15.0. The second-order valence-corrected chi connectivity index (χ2v) is 6.65. The van der Waals surface area contributed by atoms with Crippen LogP contribution in [0.3, 0.4) is 0 Å². The van der Waals surface area contributed by atoms with Crippen molar-refractivity contribution in [2.75, 3.05) is 0 Å². The summed E-state index contributed by atoms with van der Waals surface area (Å²) >= 11 is 0. The molecule has 0 aliphatic carbocycles. The first-order valence-electron chi connectivity index (χ1n) is 6.36. The second kappa shape index (κ2) is 4.96. The quantitative estimate of drug-likeness (QED) is 0.854. The maximum Gasteiger partial charge on any atom is 0.267 e. The molecule has 1 aliphatic rings. The van der Waals surface area contributed by atoms with Crippen LogP contribution < -0.4 is 0 Å². The number of carbonyl (C=O) groups is 1. The van der Waals surface area contributed by atoms with E-state index in [9.17, 15) is 17.6 Å². The van der Waals surface area contributed by atoms with Gasteiger partial charge in [-0.25, -0.2) is 17.1 Å². The highest BCUT2D eigenvalue weighted by Gasteiger charge is 2.36. The molecule has 0 unspecified atom stereocenters. The second-order valence-electron chi connectivity index (χ2n) is 4.82. The summed E-state index contributed by atoms with van der Waals surface area (Å²) in [6.45, 7) is -0.0151. The first-order valence-corrected chi connectivity index (χ1v) is 7.80. The molecule has 4 nitrogen and oxygen atoms in total. The predicted octanol–water partition coefficient (Wildman–Crippen LogP) is 2.10. The van der Waals surface area contributed by atoms with Crippen LogP contribution in [0.15, 0.2) is 53.4 Å². The number of benzene rings is 2. The van der Waals surface area contributed by atoms with Crippen LogP contribution in [0.4, 0.5) is 4.39 Å². The molecule has 6 heteroatoms. The number of carbonyl (C=O) groups excluding carboxylic acids is 1. The van der Waals surface area contributed by atoms with Crippen LogP contribution in [0, 0.1) is 5.82 Å². The number of sulfonamides is 1. The average Bonchev–Trinajstić information content (AvgIpc) is 2.44. The van der Waals surface area contributed by atoms with Crippen LogP contribution in [-0.2, 0) is 27.8 Å². The van der Waals surface area contributed by atoms with Crippen LogP contribution in [-0.4, -0.2) is 18.6 Å². The number of fused-ring (bicyclic) bond motifs is 1. The number of nitrogens with zero attached hydrogens (tertiary/aromatic N) is 1. The van der Waals surface area contributed by atoms with E-state index in [4.69, 9.17) is 0 Å². The minimum atomic E-state index is -3.93. The molecule has 21 heavy (non-hydrogen) atoms. The van der Waals surface area contributed by atoms with Crippen LogP contribution in [0.2, 0.25) is 0 Å². The normalized spacial score (nSPS) is 16.6. The fourth-order valence-electron chi connectivity index (χ4n) is 2.36. The molecule has 0 aromatic heterocycles. The van der Waals surface area contributed by atoms with Gasteiger partial charge in [-0.3, -0.25) is 4.79 Å². The van der Waals surface area contributed by atoms with Gasteiger partial charge in [0.05, 0.1) is 17.9 Å². The van der Waals surface area contributed by atoms with Crippen molar-refractivity contribution >= 4 is 15.9 Å². The Bertz CT molecular complexity index is 803. The fraction of sp³-hybridized carbons (Fsp3) is 0.133. The van der Waals surface area contributed by atoms with E-state index in [0.717, 1.165) is 22.0 Å². The van der Waals surface area contributed by atoms with Crippen molar-refractivity contribution in [1.82, 2.24) is 4.31 Å². The number of halogens is 1. The van der Waals surface area contributed by atoms with Crippen molar-refractivity contribution in [3.63, 3.8) is 0 Å². The SMILES string of the molecule is O=C1Cc2cc(F)ccc2S(=O)(=O)N1Cc1ccccc1. The molecule has 1 heterocycles. The fourth-order valence-corrected chi connectivity index (χ4v) is 3.96. The van der Waals surface area contributed by atoms with Crippen LogP contribution >= 0.6 is 0 Å². The summed E-state index contributed by atoms with van der Waals surface area (Å²) in [7, 11) is -3.93. The van der Waals surface area contributed by atoms with Gasteiger partial charge < -0.3 is 0 Å². The molecule has 3 rings (SSSR count). The van der Waals surface area contributed by atoms with Gasteiger partial charge in [-0.1, -0.05) is 30.3 Å². The molecule has 0 spiro atoms. The third-order valence-corrected chi connectivity index (χ3v) is 5.25. The van der Waals surface area contributed by atoms with Crippen molar-refractivity contribution in [1.29, 1.82) is 0 Å². The molecular weight excluding hydrogens is 293 g/mol. The number of hydrogen-bond acceptors (Lipinski definition) is 3. The van der Waals surface area contributed by atoms with Gasteiger partial charge in [0.15, 0.2) is 0 Å². The van der Waals surface area contributed by atoms with Crippen molar-refractivity contribution in [3.05, 3.63) is 65.5 Å². The topological polar surface area (TPSA) is 54.5 Å². The van der Waals surface area contributed by atoms with Gasteiger partial charge in [0.1, 0.15) is 5.82 Å². The maximum atomic E-state index is 13.2. The highest BCUT2D eigenvalue weighted by molar-refractivity contribution is 7.89. The minimum absolute atomic E-state index is 0.000527. The summed E-state index contributed by atoms with van der Waals surface area (Å²) in [5.41, 5.74) is 0.935. The lowest BCUT2D eigenvalue weighted by Gasteiger charge is -2.28. The predicted molar refractivity (Wildman–Crippen MR) is 74.3 cm³/mol. The summed E-state index contributed by atoms with van der Waals surface area (Å²) in [6.07, 6.45) is -0.112. The summed E-state index contributed by atoms with van der Waals surface area (Å²) < 4.78 is 39.1. The molecule has 2 aromatic rings. The highest BCUT2D eigenvalue weighted by atomic mass is 32.2. The molecule has 0 fully saturated rings. The molecule has 2 aromatic carbocycles. The van der Waals surface area contributed by atoms with E-state index in [-0.39, 0.29) is 23.4 Å². The van der Waals surface area contributed by atoms with E-state index in [0.29, 0.717) is 0 Å². The molecular formula is C15H12FNO3S. The lowest BCUT2D eigenvalue weighted by Crippen LogP contribution is -2.41. The number of rotatable bonds is 2. The first-order chi connectivity index (χ1) is 9.98. The van der Waals surface area contributed by atoms with Gasteiger partial charge in [0.25, 0.3) is 10.0 Å². The van der Waals surface area contributed by atoms with E-state index in [1.807, 2.05) is 6.07 Å². The minimum Gasteiger partial charge on any atom is -0.273 e. The Hall–Kier alpha value is -2.21. The van der Waals surface area contributed by atoms with Crippen LogP contribution in [0.1, 0.15) is 11.1 Å². The molecule has 1 amide bonds. The molecule has 0 radical (unpaired) electrons. The Morgan fingerprint density at radius 3 is 2.52 bits per heavy atom. The van der Waals surface area contributed by atoms with Crippen molar-refractivity contribution in [2.45, 2.75) is 17.9 Å². The van der Waals surface area contributed by atoms with Gasteiger partial charge in [-0.15, -0.1) is 0 Å². The van der Waals surface area contributed by atoms with Crippen molar-refractivity contribution in [2.24, 2.45) is 0 Å². The van der Waals surface area contributed by atoms with E-state index < -0.39 is 21.7 Å². The Kier molecular flexibility index (Phi) is 3.25. The summed E-state index contributed by atoms with van der Waals surface area (Å²) in [4.78, 5) is 12.1. The Labute approximate surface area is 121 Å². The molecule has 108 valence electrons. The van der Waals surface area contributed by atoms with Gasteiger partial charge in [-0.05, 0) is 29.3 Å². The number of hydrogen-bond donors (Lipinski definition) is 0. The van der Waals surface area contributed by atoms with E-state index >= 15 is 0 Å². The van der Waals surface area contributed by atoms with E-state index in [1.54, 1.807) is 24.3 Å². The summed E-state index contributed by atoms with van der Waals surface area (Å²) in [5.74, 6) is -1.09. The largest absolute Gasteiger partial charge is 0.273 e. The number of amides is 1.